The first-order chi connectivity index (χ1) is 12.5. The van der Waals surface area contributed by atoms with Crippen LogP contribution in [0.25, 0.3) is 0 Å². The summed E-state index contributed by atoms with van der Waals surface area (Å²) >= 11 is 1.36. The Kier molecular flexibility index (Phi) is 5.46. The van der Waals surface area contributed by atoms with Crippen molar-refractivity contribution < 1.29 is 24.2 Å². The van der Waals surface area contributed by atoms with Gasteiger partial charge < -0.3 is 15.2 Å². The summed E-state index contributed by atoms with van der Waals surface area (Å²) in [6, 6.07) is 1.76. The molecule has 0 spiro atoms. The van der Waals surface area contributed by atoms with Crippen LogP contribution in [-0.2, 0) is 20.7 Å². The minimum Gasteiger partial charge on any atom is -0.481 e. The molecule has 1 amide bonds. The molecule has 2 N–H and O–H groups in total. The van der Waals surface area contributed by atoms with Crippen molar-refractivity contribution in [2.75, 3.05) is 11.9 Å². The number of aryl methyl sites for hydroxylation is 1. The Bertz CT molecular complexity index is 753. The number of fused-ring (bicyclic) bond motifs is 2. The quantitative estimate of drug-likeness (QED) is 0.562. The van der Waals surface area contributed by atoms with Crippen molar-refractivity contribution in [2.45, 2.75) is 33.1 Å². The Balaban J connectivity index is 1.83. The van der Waals surface area contributed by atoms with Crippen LogP contribution in [0.5, 0.6) is 0 Å². The number of nitrogens with one attached hydrogen (secondary N) is 1. The van der Waals surface area contributed by atoms with Crippen LogP contribution in [0.1, 0.15) is 41.9 Å². The Morgan fingerprint density at radius 1 is 1.23 bits per heavy atom. The van der Waals surface area contributed by atoms with Gasteiger partial charge in [-0.3, -0.25) is 9.59 Å². The molecule has 0 unspecified atom stereocenters. The molecule has 4 atom stereocenters. The van der Waals surface area contributed by atoms with E-state index in [1.165, 1.54) is 11.3 Å². The van der Waals surface area contributed by atoms with Crippen LogP contribution >= 0.6 is 11.3 Å². The molecular formula is C19H23NO5S. The highest BCUT2D eigenvalue weighted by Gasteiger charge is 2.51. The number of carboxylic acid groups (broad SMARTS) is 1. The molecule has 0 aliphatic heterocycles. The Hall–Kier alpha value is -2.15. The Morgan fingerprint density at radius 3 is 2.54 bits per heavy atom. The van der Waals surface area contributed by atoms with Crippen molar-refractivity contribution in [3.05, 3.63) is 28.7 Å². The zero-order valence-electron chi connectivity index (χ0n) is 14.9. The number of thiophene rings is 1. The molecule has 1 aromatic heterocycles. The highest BCUT2D eigenvalue weighted by molar-refractivity contribution is 7.16. The topological polar surface area (TPSA) is 92.7 Å². The van der Waals surface area contributed by atoms with Crippen LogP contribution in [0.15, 0.2) is 18.2 Å². The monoisotopic (exact) mass is 377 g/mol. The molecule has 26 heavy (non-hydrogen) atoms. The first-order valence-electron chi connectivity index (χ1n) is 8.98. The molecule has 1 saturated carbocycles. The van der Waals surface area contributed by atoms with Gasteiger partial charge in [0.15, 0.2) is 0 Å². The molecule has 2 aliphatic rings. The van der Waals surface area contributed by atoms with Crippen LogP contribution in [0, 0.1) is 23.7 Å². The minimum atomic E-state index is -0.939. The third kappa shape index (κ3) is 3.40. The number of carbonyl (C=O) groups excluding carboxylic acids is 2. The van der Waals surface area contributed by atoms with E-state index in [9.17, 15) is 19.5 Å². The molecule has 0 saturated heterocycles. The molecule has 1 fully saturated rings. The number of amides is 1. The van der Waals surface area contributed by atoms with E-state index in [-0.39, 0.29) is 24.3 Å². The summed E-state index contributed by atoms with van der Waals surface area (Å²) in [5, 5.41) is 12.8. The van der Waals surface area contributed by atoms with E-state index in [0.29, 0.717) is 17.0 Å². The van der Waals surface area contributed by atoms with Gasteiger partial charge in [0.2, 0.25) is 5.91 Å². The lowest BCUT2D eigenvalue weighted by Crippen LogP contribution is -2.36. The number of ether oxygens (including phenoxy) is 1. The van der Waals surface area contributed by atoms with Gasteiger partial charge >= 0.3 is 11.9 Å². The average molecular weight is 377 g/mol. The lowest BCUT2D eigenvalue weighted by Gasteiger charge is -2.23. The molecule has 3 rings (SSSR count). The number of carbonyl (C=O) groups is 3. The van der Waals surface area contributed by atoms with E-state index in [1.54, 1.807) is 13.0 Å². The summed E-state index contributed by atoms with van der Waals surface area (Å²) in [5.41, 5.74) is 0.347. The predicted octanol–water partition coefficient (Wildman–Crippen LogP) is 3.34. The van der Waals surface area contributed by atoms with Crippen LogP contribution < -0.4 is 5.32 Å². The highest BCUT2D eigenvalue weighted by Crippen LogP contribution is 2.48. The third-order valence-electron chi connectivity index (χ3n) is 5.06. The van der Waals surface area contributed by atoms with Crippen molar-refractivity contribution in [3.63, 3.8) is 0 Å². The van der Waals surface area contributed by atoms with Crippen molar-refractivity contribution >= 4 is 34.2 Å². The molecule has 1 heterocycles. The second-order valence-electron chi connectivity index (χ2n) is 6.75. The normalized spacial score (nSPS) is 26.1. The lowest BCUT2D eigenvalue weighted by atomic mass is 9.82. The first-order valence-corrected chi connectivity index (χ1v) is 9.79. The van der Waals surface area contributed by atoms with Gasteiger partial charge in [-0.15, -0.1) is 11.3 Å². The number of aliphatic carboxylic acids is 1. The van der Waals surface area contributed by atoms with Crippen LogP contribution in [-0.4, -0.2) is 29.6 Å². The highest BCUT2D eigenvalue weighted by atomic mass is 32.1. The molecule has 140 valence electrons. The summed E-state index contributed by atoms with van der Waals surface area (Å²) in [6.45, 7) is 4.03. The molecular weight excluding hydrogens is 354 g/mol. The summed E-state index contributed by atoms with van der Waals surface area (Å²) in [7, 11) is 0. The maximum absolute atomic E-state index is 12.9. The van der Waals surface area contributed by atoms with E-state index >= 15 is 0 Å². The Morgan fingerprint density at radius 2 is 1.92 bits per heavy atom. The van der Waals surface area contributed by atoms with E-state index in [2.05, 4.69) is 5.32 Å². The van der Waals surface area contributed by atoms with Crippen LogP contribution in [0.2, 0.25) is 0 Å². The van der Waals surface area contributed by atoms with Crippen molar-refractivity contribution in [1.82, 2.24) is 0 Å². The van der Waals surface area contributed by atoms with Gasteiger partial charge in [0.05, 0.1) is 24.0 Å². The molecule has 7 heteroatoms. The summed E-state index contributed by atoms with van der Waals surface area (Å²) in [5.74, 6) is -3.18. The van der Waals surface area contributed by atoms with E-state index < -0.39 is 23.8 Å². The third-order valence-corrected chi connectivity index (χ3v) is 6.17. The number of esters is 1. The number of rotatable bonds is 7. The summed E-state index contributed by atoms with van der Waals surface area (Å²) in [4.78, 5) is 37.7. The fraction of sp³-hybridized carbons (Fsp3) is 0.526. The predicted molar refractivity (Wildman–Crippen MR) is 98.3 cm³/mol. The van der Waals surface area contributed by atoms with Gasteiger partial charge in [-0.2, -0.15) is 0 Å². The maximum atomic E-state index is 12.9. The van der Waals surface area contributed by atoms with Gasteiger partial charge in [-0.1, -0.05) is 25.5 Å². The molecule has 6 nitrogen and oxygen atoms in total. The molecule has 1 aromatic rings. The number of carboxylic acids is 1. The standard InChI is InChI=1S/C19H23NO5S/c1-3-5-12-9-13(19(24)25-4-2)17(26-12)20-16(21)14-10-6-7-11(8-10)15(14)18(22)23/h6-7,9-11,14-15H,3-5,8H2,1-2H3,(H,20,21)(H,22,23)/t10-,11-,14+,15+/m0/s1. The number of anilines is 1. The zero-order valence-corrected chi connectivity index (χ0v) is 15.7. The fourth-order valence-electron chi connectivity index (χ4n) is 3.98. The maximum Gasteiger partial charge on any atom is 0.341 e. The molecule has 0 aromatic carbocycles. The second-order valence-corrected chi connectivity index (χ2v) is 7.89. The number of hydrogen-bond donors (Lipinski definition) is 2. The SMILES string of the molecule is CCCc1cc(C(=O)OCC)c(NC(=O)[C@H]2[C@H](C(=O)O)[C@H]3C=C[C@H]2C3)s1. The van der Waals surface area contributed by atoms with Gasteiger partial charge in [-0.05, 0) is 37.7 Å². The Labute approximate surface area is 156 Å². The first kappa shape index (κ1) is 18.6. The summed E-state index contributed by atoms with van der Waals surface area (Å²) < 4.78 is 5.09. The van der Waals surface area contributed by atoms with Crippen LogP contribution in [0.4, 0.5) is 5.00 Å². The average Bonchev–Trinajstić information content (AvgIpc) is 3.29. The van der Waals surface area contributed by atoms with E-state index in [4.69, 9.17) is 4.74 Å². The largest absolute Gasteiger partial charge is 0.481 e. The molecule has 2 aliphatic carbocycles. The number of hydrogen-bond acceptors (Lipinski definition) is 5. The van der Waals surface area contributed by atoms with Crippen molar-refractivity contribution in [3.8, 4) is 0 Å². The van der Waals surface area contributed by atoms with Gasteiger partial charge in [0.1, 0.15) is 5.00 Å². The fourth-order valence-corrected chi connectivity index (χ4v) is 5.13. The summed E-state index contributed by atoms with van der Waals surface area (Å²) in [6.07, 6.45) is 6.28. The molecule has 0 radical (unpaired) electrons. The van der Waals surface area contributed by atoms with Crippen molar-refractivity contribution in [2.24, 2.45) is 23.7 Å². The van der Waals surface area contributed by atoms with E-state index in [0.717, 1.165) is 17.7 Å². The molecule has 2 bridgehead atoms. The lowest BCUT2D eigenvalue weighted by molar-refractivity contribution is -0.146. The van der Waals surface area contributed by atoms with Gasteiger partial charge in [-0.25, -0.2) is 4.79 Å². The van der Waals surface area contributed by atoms with Gasteiger partial charge in [0, 0.05) is 4.88 Å². The minimum absolute atomic E-state index is 0.0535. The van der Waals surface area contributed by atoms with Crippen LogP contribution in [0.3, 0.4) is 0 Å². The second kappa shape index (κ2) is 7.61. The smallest absolute Gasteiger partial charge is 0.341 e. The van der Waals surface area contributed by atoms with E-state index in [1.807, 2.05) is 19.1 Å². The zero-order chi connectivity index (χ0) is 18.8. The van der Waals surface area contributed by atoms with Gasteiger partial charge in [0.25, 0.3) is 0 Å². The number of allylic oxidation sites excluding steroid dienone is 2. The van der Waals surface area contributed by atoms with Crippen molar-refractivity contribution in [1.29, 1.82) is 0 Å².